The highest BCUT2D eigenvalue weighted by atomic mass is 35.5. The quantitative estimate of drug-likeness (QED) is 0.741. The lowest BCUT2D eigenvalue weighted by Gasteiger charge is -2.04. The first-order valence-corrected chi connectivity index (χ1v) is 5.09. The number of rotatable bonds is 5. The van der Waals surface area contributed by atoms with Gasteiger partial charge in [-0.3, -0.25) is 0 Å². The van der Waals surface area contributed by atoms with Gasteiger partial charge >= 0.3 is 0 Å². The fourth-order valence-corrected chi connectivity index (χ4v) is 1.36. The predicted octanol–water partition coefficient (Wildman–Crippen LogP) is 3.31. The molecule has 0 radical (unpaired) electrons. The summed E-state index contributed by atoms with van der Waals surface area (Å²) >= 11 is 0. The Balaban J connectivity index is 0.00000169. The van der Waals surface area contributed by atoms with Crippen LogP contribution in [0.25, 0.3) is 0 Å². The molecule has 0 saturated heterocycles. The van der Waals surface area contributed by atoms with E-state index >= 15 is 0 Å². The van der Waals surface area contributed by atoms with Gasteiger partial charge in [-0.15, -0.1) is 12.4 Å². The molecule has 14 heavy (non-hydrogen) atoms. The molecule has 1 nitrogen and oxygen atoms in total. The van der Waals surface area contributed by atoms with Crippen molar-refractivity contribution in [3.63, 3.8) is 0 Å². The van der Waals surface area contributed by atoms with Gasteiger partial charge in [0.2, 0.25) is 0 Å². The summed E-state index contributed by atoms with van der Waals surface area (Å²) in [6.07, 6.45) is 2.53. The molecule has 0 saturated carbocycles. The fraction of sp³-hybridized carbons (Fsp3) is 0.500. The molecule has 0 heterocycles. The summed E-state index contributed by atoms with van der Waals surface area (Å²) in [6, 6.07) is 8.66. The highest BCUT2D eigenvalue weighted by Gasteiger charge is 1.91. The van der Waals surface area contributed by atoms with E-state index in [1.807, 2.05) is 0 Å². The van der Waals surface area contributed by atoms with E-state index in [-0.39, 0.29) is 12.4 Å². The molecule has 0 atom stereocenters. The zero-order chi connectivity index (χ0) is 9.52. The summed E-state index contributed by atoms with van der Waals surface area (Å²) in [6.45, 7) is 6.48. The van der Waals surface area contributed by atoms with Crippen molar-refractivity contribution in [2.45, 2.75) is 33.2 Å². The van der Waals surface area contributed by atoms with Crippen LogP contribution in [0.5, 0.6) is 0 Å². The van der Waals surface area contributed by atoms with Crippen LogP contribution in [0.15, 0.2) is 24.3 Å². The van der Waals surface area contributed by atoms with Crippen molar-refractivity contribution in [1.29, 1.82) is 0 Å². The van der Waals surface area contributed by atoms with Crippen LogP contribution in [0.2, 0.25) is 0 Å². The monoisotopic (exact) mass is 213 g/mol. The molecule has 0 fully saturated rings. The normalized spacial score (nSPS) is 9.57. The van der Waals surface area contributed by atoms with E-state index in [1.165, 1.54) is 24.0 Å². The third kappa shape index (κ3) is 5.25. The molecule has 0 spiro atoms. The lowest BCUT2D eigenvalue weighted by molar-refractivity contribution is 0.641. The fourth-order valence-electron chi connectivity index (χ4n) is 1.36. The topological polar surface area (TPSA) is 12.0 Å². The first-order chi connectivity index (χ1) is 6.33. The average molecular weight is 214 g/mol. The van der Waals surface area contributed by atoms with Crippen molar-refractivity contribution in [2.24, 2.45) is 0 Å². The van der Waals surface area contributed by atoms with Crippen molar-refractivity contribution >= 4 is 12.4 Å². The van der Waals surface area contributed by atoms with Gasteiger partial charge in [0.25, 0.3) is 0 Å². The van der Waals surface area contributed by atoms with E-state index in [2.05, 4.69) is 43.4 Å². The molecule has 1 rings (SSSR count). The molecule has 0 amide bonds. The first-order valence-electron chi connectivity index (χ1n) is 5.09. The summed E-state index contributed by atoms with van der Waals surface area (Å²) in [5.41, 5.74) is 2.73. The zero-order valence-corrected chi connectivity index (χ0v) is 9.86. The van der Waals surface area contributed by atoms with Gasteiger partial charge in [-0.2, -0.15) is 0 Å². The Morgan fingerprint density at radius 3 is 2.71 bits per heavy atom. The summed E-state index contributed by atoms with van der Waals surface area (Å²) in [5, 5.41) is 3.43. The first kappa shape index (κ1) is 13.5. The minimum atomic E-state index is 0. The van der Waals surface area contributed by atoms with Crippen LogP contribution in [-0.2, 0) is 6.54 Å². The van der Waals surface area contributed by atoms with E-state index < -0.39 is 0 Å². The minimum absolute atomic E-state index is 0. The van der Waals surface area contributed by atoms with Crippen LogP contribution in [-0.4, -0.2) is 6.54 Å². The van der Waals surface area contributed by atoms with Crippen molar-refractivity contribution in [1.82, 2.24) is 5.32 Å². The summed E-state index contributed by atoms with van der Waals surface area (Å²) in [7, 11) is 0. The Morgan fingerprint density at radius 1 is 1.29 bits per heavy atom. The third-order valence-electron chi connectivity index (χ3n) is 2.12. The second-order valence-corrected chi connectivity index (χ2v) is 3.52. The third-order valence-corrected chi connectivity index (χ3v) is 2.12. The second-order valence-electron chi connectivity index (χ2n) is 3.52. The Kier molecular flexibility index (Phi) is 7.54. The number of aryl methyl sites for hydroxylation is 1. The summed E-state index contributed by atoms with van der Waals surface area (Å²) in [4.78, 5) is 0. The lowest BCUT2D eigenvalue weighted by Crippen LogP contribution is -2.14. The molecule has 0 aliphatic carbocycles. The predicted molar refractivity (Wildman–Crippen MR) is 65.0 cm³/mol. The van der Waals surface area contributed by atoms with Crippen molar-refractivity contribution in [3.05, 3.63) is 35.4 Å². The SMILES string of the molecule is CCCCNCc1cccc(C)c1.Cl. The van der Waals surface area contributed by atoms with Gasteiger partial charge in [0.05, 0.1) is 0 Å². The number of nitrogens with one attached hydrogen (secondary N) is 1. The highest BCUT2D eigenvalue weighted by molar-refractivity contribution is 5.85. The second kappa shape index (κ2) is 7.84. The maximum absolute atomic E-state index is 3.43. The Morgan fingerprint density at radius 2 is 2.07 bits per heavy atom. The molecule has 1 aromatic carbocycles. The molecule has 0 aliphatic heterocycles. The molecule has 0 aromatic heterocycles. The molecule has 1 N–H and O–H groups in total. The van der Waals surface area contributed by atoms with E-state index in [1.54, 1.807) is 0 Å². The maximum atomic E-state index is 3.43. The molecule has 0 aliphatic rings. The molecule has 0 unspecified atom stereocenters. The van der Waals surface area contributed by atoms with Crippen LogP contribution in [0, 0.1) is 6.92 Å². The van der Waals surface area contributed by atoms with Crippen molar-refractivity contribution in [2.75, 3.05) is 6.54 Å². The van der Waals surface area contributed by atoms with E-state index in [0.717, 1.165) is 13.1 Å². The van der Waals surface area contributed by atoms with Crippen molar-refractivity contribution < 1.29 is 0 Å². The number of hydrogen-bond donors (Lipinski definition) is 1. The highest BCUT2D eigenvalue weighted by Crippen LogP contribution is 2.03. The molecule has 2 heteroatoms. The van der Waals surface area contributed by atoms with Gasteiger partial charge in [-0.25, -0.2) is 0 Å². The van der Waals surface area contributed by atoms with Gasteiger partial charge in [0, 0.05) is 6.54 Å². The van der Waals surface area contributed by atoms with E-state index in [0.29, 0.717) is 0 Å². The largest absolute Gasteiger partial charge is 0.313 e. The minimum Gasteiger partial charge on any atom is -0.313 e. The van der Waals surface area contributed by atoms with E-state index in [4.69, 9.17) is 0 Å². The molecular formula is C12H20ClN. The van der Waals surface area contributed by atoms with Crippen LogP contribution >= 0.6 is 12.4 Å². The van der Waals surface area contributed by atoms with Gasteiger partial charge in [0.15, 0.2) is 0 Å². The number of hydrogen-bond acceptors (Lipinski definition) is 1. The smallest absolute Gasteiger partial charge is 0.0205 e. The number of halogens is 1. The molecule has 80 valence electrons. The van der Waals surface area contributed by atoms with E-state index in [9.17, 15) is 0 Å². The summed E-state index contributed by atoms with van der Waals surface area (Å²) in [5.74, 6) is 0. The summed E-state index contributed by atoms with van der Waals surface area (Å²) < 4.78 is 0. The standard InChI is InChI=1S/C12H19N.ClH/c1-3-4-8-13-10-12-7-5-6-11(2)9-12;/h5-7,9,13H,3-4,8,10H2,1-2H3;1H. The Labute approximate surface area is 93.3 Å². The van der Waals surface area contributed by atoms with Gasteiger partial charge < -0.3 is 5.32 Å². The van der Waals surface area contributed by atoms with Crippen LogP contribution < -0.4 is 5.32 Å². The van der Waals surface area contributed by atoms with Crippen LogP contribution in [0.4, 0.5) is 0 Å². The lowest BCUT2D eigenvalue weighted by atomic mass is 10.1. The Bertz CT molecular complexity index is 248. The molecular weight excluding hydrogens is 194 g/mol. The number of unbranched alkanes of at least 4 members (excludes halogenated alkanes) is 1. The molecule has 0 bridgehead atoms. The van der Waals surface area contributed by atoms with Gasteiger partial charge in [-0.1, -0.05) is 43.2 Å². The maximum Gasteiger partial charge on any atom is 0.0205 e. The van der Waals surface area contributed by atoms with Gasteiger partial charge in [-0.05, 0) is 25.5 Å². The van der Waals surface area contributed by atoms with Crippen molar-refractivity contribution in [3.8, 4) is 0 Å². The molecule has 1 aromatic rings. The van der Waals surface area contributed by atoms with Crippen LogP contribution in [0.1, 0.15) is 30.9 Å². The Hall–Kier alpha value is -0.530. The zero-order valence-electron chi connectivity index (χ0n) is 9.05. The van der Waals surface area contributed by atoms with Gasteiger partial charge in [0.1, 0.15) is 0 Å². The van der Waals surface area contributed by atoms with Crippen LogP contribution in [0.3, 0.4) is 0 Å². The number of benzene rings is 1. The average Bonchev–Trinajstić information content (AvgIpc) is 2.13.